The first-order valence-corrected chi connectivity index (χ1v) is 22.7. The van der Waals surface area contributed by atoms with Crippen molar-refractivity contribution in [3.05, 3.63) is 237 Å². The minimum absolute atomic E-state index is 1.11. The Balaban J connectivity index is 1.000. The lowest BCUT2D eigenvalue weighted by atomic mass is 9.95. The van der Waals surface area contributed by atoms with Crippen LogP contribution in [0.15, 0.2) is 237 Å². The van der Waals surface area contributed by atoms with E-state index in [9.17, 15) is 0 Å². The molecule has 4 heteroatoms. The number of benzene rings is 10. The van der Waals surface area contributed by atoms with Gasteiger partial charge < -0.3 is 14.0 Å². The molecule has 0 N–H and O–H groups in total. The Kier molecular flexibility index (Phi) is 8.40. The van der Waals surface area contributed by atoms with Gasteiger partial charge in [0.2, 0.25) is 0 Å². The SMILES string of the molecule is c1ccc(-c2ccc(N(c3ccc4c(c3)sc3cccc(-c5cccc6c5c5ccccc5n6-c5ccccc5)c34)c3ccc4c(c3)c3ccccc3n4-c3ccccc3)cc2)cc1. The van der Waals surface area contributed by atoms with Crippen molar-refractivity contribution >= 4 is 92.2 Å². The van der Waals surface area contributed by atoms with Crippen LogP contribution in [0.2, 0.25) is 0 Å². The van der Waals surface area contributed by atoms with Gasteiger partial charge in [0.1, 0.15) is 0 Å². The van der Waals surface area contributed by atoms with Crippen LogP contribution in [0, 0.1) is 0 Å². The maximum atomic E-state index is 2.42. The fourth-order valence-electron chi connectivity index (χ4n) is 10.1. The smallest absolute Gasteiger partial charge is 0.0547 e. The fourth-order valence-corrected chi connectivity index (χ4v) is 11.3. The zero-order valence-corrected chi connectivity index (χ0v) is 35.6. The summed E-state index contributed by atoms with van der Waals surface area (Å²) >= 11 is 1.87. The van der Waals surface area contributed by atoms with Crippen LogP contribution >= 0.6 is 11.3 Å². The lowest BCUT2D eigenvalue weighted by Gasteiger charge is -2.26. The molecule has 0 amide bonds. The molecule has 0 aliphatic rings. The molecule has 0 bridgehead atoms. The van der Waals surface area contributed by atoms with Crippen LogP contribution in [0.5, 0.6) is 0 Å². The molecule has 10 aromatic carbocycles. The highest BCUT2D eigenvalue weighted by atomic mass is 32.1. The van der Waals surface area contributed by atoms with Gasteiger partial charge in [-0.3, -0.25) is 0 Å². The Morgan fingerprint density at radius 1 is 0.297 bits per heavy atom. The number of thiophene rings is 1. The van der Waals surface area contributed by atoms with Gasteiger partial charge in [-0.1, -0.05) is 146 Å². The molecule has 0 saturated carbocycles. The molecule has 3 nitrogen and oxygen atoms in total. The van der Waals surface area contributed by atoms with Crippen molar-refractivity contribution in [2.24, 2.45) is 0 Å². The minimum Gasteiger partial charge on any atom is -0.310 e. The Bertz CT molecular complexity index is 3880. The molecule has 13 aromatic rings. The molecule has 300 valence electrons. The molecule has 0 aliphatic heterocycles. The summed E-state index contributed by atoms with van der Waals surface area (Å²) in [5.41, 5.74) is 15.4. The van der Waals surface area contributed by atoms with Gasteiger partial charge in [-0.25, -0.2) is 0 Å². The molecule has 3 heterocycles. The van der Waals surface area contributed by atoms with E-state index in [4.69, 9.17) is 0 Å². The third-order valence-electron chi connectivity index (χ3n) is 12.9. The standard InChI is InChI=1S/C60H39N3S/c1-4-16-40(17-5-1)41-30-32-44(33-31-41)61(45-35-37-55-52(38-45)47-22-10-12-26-53(47)62(55)42-18-6-2-7-19-42)46-34-36-51-58(39-46)64-57-29-15-25-49(60(51)57)48-24-14-28-56-59(48)50-23-11-13-27-54(50)63(56)43-20-8-3-9-21-43/h1-39H. The quantitative estimate of drug-likeness (QED) is 0.156. The zero-order chi connectivity index (χ0) is 42.1. The number of anilines is 3. The third kappa shape index (κ3) is 5.73. The van der Waals surface area contributed by atoms with E-state index in [1.807, 2.05) is 11.3 Å². The summed E-state index contributed by atoms with van der Waals surface area (Å²) in [7, 11) is 0. The van der Waals surface area contributed by atoms with E-state index < -0.39 is 0 Å². The molecule has 0 aliphatic carbocycles. The highest BCUT2D eigenvalue weighted by Gasteiger charge is 2.21. The predicted molar refractivity (Wildman–Crippen MR) is 274 cm³/mol. The van der Waals surface area contributed by atoms with E-state index in [0.717, 1.165) is 28.4 Å². The van der Waals surface area contributed by atoms with E-state index in [1.165, 1.54) is 86.0 Å². The molecule has 3 aromatic heterocycles. The summed E-state index contributed by atoms with van der Waals surface area (Å²) in [6, 6.07) is 86.3. The normalized spacial score (nSPS) is 11.8. The number of fused-ring (bicyclic) bond motifs is 9. The van der Waals surface area contributed by atoms with Gasteiger partial charge in [-0.2, -0.15) is 0 Å². The van der Waals surface area contributed by atoms with Crippen LogP contribution in [0.3, 0.4) is 0 Å². The summed E-state index contributed by atoms with van der Waals surface area (Å²) in [6.07, 6.45) is 0. The van der Waals surface area contributed by atoms with Crippen molar-refractivity contribution in [2.75, 3.05) is 4.90 Å². The van der Waals surface area contributed by atoms with Crippen LogP contribution in [-0.4, -0.2) is 9.13 Å². The lowest BCUT2D eigenvalue weighted by Crippen LogP contribution is -2.09. The van der Waals surface area contributed by atoms with E-state index in [2.05, 4.69) is 251 Å². The Hall–Kier alpha value is -8.18. The first kappa shape index (κ1) is 36.5. The molecule has 0 atom stereocenters. The second-order valence-corrected chi connectivity index (χ2v) is 17.6. The average Bonchev–Trinajstić information content (AvgIpc) is 4.03. The van der Waals surface area contributed by atoms with Gasteiger partial charge in [0.15, 0.2) is 0 Å². The van der Waals surface area contributed by atoms with Crippen molar-refractivity contribution in [3.63, 3.8) is 0 Å². The van der Waals surface area contributed by atoms with Crippen LogP contribution < -0.4 is 4.90 Å². The second kappa shape index (κ2) is 14.7. The van der Waals surface area contributed by atoms with E-state index >= 15 is 0 Å². The summed E-state index contributed by atoms with van der Waals surface area (Å²) < 4.78 is 7.33. The van der Waals surface area contributed by atoms with E-state index in [1.54, 1.807) is 0 Å². The number of hydrogen-bond donors (Lipinski definition) is 0. The maximum absolute atomic E-state index is 2.42. The van der Waals surface area contributed by atoms with Crippen molar-refractivity contribution in [2.45, 2.75) is 0 Å². The van der Waals surface area contributed by atoms with Gasteiger partial charge in [0.05, 0.1) is 22.1 Å². The largest absolute Gasteiger partial charge is 0.310 e. The summed E-state index contributed by atoms with van der Waals surface area (Å²) in [4.78, 5) is 2.42. The highest BCUT2D eigenvalue weighted by molar-refractivity contribution is 7.26. The van der Waals surface area contributed by atoms with Gasteiger partial charge in [0, 0.05) is 70.2 Å². The van der Waals surface area contributed by atoms with Crippen molar-refractivity contribution < 1.29 is 0 Å². The molecule has 64 heavy (non-hydrogen) atoms. The Morgan fingerprint density at radius 2 is 0.812 bits per heavy atom. The van der Waals surface area contributed by atoms with Crippen LogP contribution in [0.4, 0.5) is 17.1 Å². The summed E-state index contributed by atoms with van der Waals surface area (Å²) in [5, 5.41) is 7.55. The van der Waals surface area contributed by atoms with Gasteiger partial charge >= 0.3 is 0 Å². The third-order valence-corrected chi connectivity index (χ3v) is 14.0. The summed E-state index contributed by atoms with van der Waals surface area (Å²) in [6.45, 7) is 0. The van der Waals surface area contributed by atoms with E-state index in [0.29, 0.717) is 0 Å². The number of rotatable bonds is 7. The van der Waals surface area contributed by atoms with Crippen LogP contribution in [-0.2, 0) is 0 Å². The molecule has 0 spiro atoms. The van der Waals surface area contributed by atoms with E-state index in [-0.39, 0.29) is 0 Å². The van der Waals surface area contributed by atoms with Crippen molar-refractivity contribution in [1.29, 1.82) is 0 Å². The van der Waals surface area contributed by atoms with Crippen molar-refractivity contribution in [1.82, 2.24) is 9.13 Å². The Morgan fingerprint density at radius 3 is 1.55 bits per heavy atom. The average molecular weight is 834 g/mol. The minimum atomic E-state index is 1.11. The zero-order valence-electron chi connectivity index (χ0n) is 34.8. The molecular weight excluding hydrogens is 795 g/mol. The predicted octanol–water partition coefficient (Wildman–Crippen LogP) is 17.1. The molecule has 0 saturated heterocycles. The van der Waals surface area contributed by atoms with Crippen molar-refractivity contribution in [3.8, 4) is 33.6 Å². The summed E-state index contributed by atoms with van der Waals surface area (Å²) in [5.74, 6) is 0. The number of hydrogen-bond acceptors (Lipinski definition) is 2. The first-order chi connectivity index (χ1) is 31.8. The lowest BCUT2D eigenvalue weighted by molar-refractivity contribution is 1.18. The topological polar surface area (TPSA) is 13.1 Å². The first-order valence-electron chi connectivity index (χ1n) is 21.8. The van der Waals surface area contributed by atoms with Crippen LogP contribution in [0.1, 0.15) is 0 Å². The maximum Gasteiger partial charge on any atom is 0.0547 e. The number of para-hydroxylation sites is 4. The molecule has 13 rings (SSSR count). The second-order valence-electron chi connectivity index (χ2n) is 16.5. The molecule has 0 fully saturated rings. The highest BCUT2D eigenvalue weighted by Crippen LogP contribution is 2.47. The number of aromatic nitrogens is 2. The van der Waals surface area contributed by atoms with Crippen LogP contribution in [0.25, 0.3) is 97.4 Å². The fraction of sp³-hybridized carbons (Fsp3) is 0. The van der Waals surface area contributed by atoms with Gasteiger partial charge in [-0.05, 0) is 113 Å². The Labute approximate surface area is 374 Å². The molecule has 0 unspecified atom stereocenters. The van der Waals surface area contributed by atoms with Gasteiger partial charge in [0.25, 0.3) is 0 Å². The molecule has 0 radical (unpaired) electrons. The monoisotopic (exact) mass is 833 g/mol. The molecular formula is C60H39N3S. The van der Waals surface area contributed by atoms with Gasteiger partial charge in [-0.15, -0.1) is 11.3 Å². The number of nitrogens with zero attached hydrogens (tertiary/aromatic N) is 3.